The van der Waals surface area contributed by atoms with Crippen LogP contribution in [-0.2, 0) is 0 Å². The van der Waals surface area contributed by atoms with E-state index in [9.17, 15) is 9.90 Å². The summed E-state index contributed by atoms with van der Waals surface area (Å²) in [5.74, 6) is -0.0284. The van der Waals surface area contributed by atoms with Gasteiger partial charge in [0.25, 0.3) is 0 Å². The van der Waals surface area contributed by atoms with E-state index in [1.165, 1.54) is 6.92 Å². The van der Waals surface area contributed by atoms with Crippen LogP contribution in [0.1, 0.15) is 22.4 Å². The third-order valence-corrected chi connectivity index (χ3v) is 3.05. The van der Waals surface area contributed by atoms with Gasteiger partial charge in [-0.3, -0.25) is 0 Å². The number of nitrogens with zero attached hydrogens (tertiary/aromatic N) is 1. The molecular formula is C12H13NO3. The second-order valence-electron chi connectivity index (χ2n) is 3.99. The first kappa shape index (κ1) is 10.7. The van der Waals surface area contributed by atoms with Crippen molar-refractivity contribution in [1.82, 2.24) is 4.98 Å². The lowest BCUT2D eigenvalue weighted by Gasteiger charge is -2.09. The first-order valence-corrected chi connectivity index (χ1v) is 5.03. The van der Waals surface area contributed by atoms with Gasteiger partial charge in [0, 0.05) is 5.69 Å². The molecule has 0 aromatic carbocycles. The first-order chi connectivity index (χ1) is 7.43. The van der Waals surface area contributed by atoms with Gasteiger partial charge in [0.15, 0.2) is 0 Å². The van der Waals surface area contributed by atoms with E-state index in [0.717, 1.165) is 16.8 Å². The Morgan fingerprint density at radius 3 is 2.31 bits per heavy atom. The Hall–Kier alpha value is -1.84. The van der Waals surface area contributed by atoms with Crippen LogP contribution in [0.4, 0.5) is 0 Å². The van der Waals surface area contributed by atoms with E-state index in [2.05, 4.69) is 4.98 Å². The highest BCUT2D eigenvalue weighted by Gasteiger charge is 2.15. The Labute approximate surface area is 92.6 Å². The monoisotopic (exact) mass is 219 g/mol. The minimum Gasteiger partial charge on any atom is -0.507 e. The number of hydrogen-bond acceptors (Lipinski definition) is 4. The van der Waals surface area contributed by atoms with Crippen LogP contribution in [0.25, 0.3) is 11.1 Å². The third-order valence-electron chi connectivity index (χ3n) is 3.05. The predicted octanol–water partition coefficient (Wildman–Crippen LogP) is 2.13. The minimum absolute atomic E-state index is 0.0284. The van der Waals surface area contributed by atoms with Gasteiger partial charge in [0.05, 0.1) is 10.9 Å². The average Bonchev–Trinajstić information content (AvgIpc) is 2.23. The normalized spacial score (nSPS) is 11.0. The summed E-state index contributed by atoms with van der Waals surface area (Å²) in [6.45, 7) is 7.19. The summed E-state index contributed by atoms with van der Waals surface area (Å²) in [5.41, 5.74) is 2.58. The zero-order valence-electron chi connectivity index (χ0n) is 9.71. The summed E-state index contributed by atoms with van der Waals surface area (Å²) in [6.07, 6.45) is 0. The molecule has 0 radical (unpaired) electrons. The number of fused-ring (bicyclic) bond motifs is 1. The lowest BCUT2D eigenvalue weighted by molar-refractivity contribution is 0.458. The molecule has 0 fully saturated rings. The Morgan fingerprint density at radius 1 is 1.06 bits per heavy atom. The Morgan fingerprint density at radius 2 is 1.69 bits per heavy atom. The van der Waals surface area contributed by atoms with Crippen LogP contribution in [0, 0.1) is 27.7 Å². The van der Waals surface area contributed by atoms with Crippen LogP contribution in [0.5, 0.6) is 5.75 Å². The number of hydrogen-bond donors (Lipinski definition) is 1. The molecule has 0 atom stereocenters. The number of pyridine rings is 1. The zero-order valence-corrected chi connectivity index (χ0v) is 9.71. The molecule has 2 rings (SSSR count). The summed E-state index contributed by atoms with van der Waals surface area (Å²) in [5, 5.41) is 10.5. The molecule has 4 heteroatoms. The summed E-state index contributed by atoms with van der Waals surface area (Å²) in [6, 6.07) is 0. The number of rotatable bonds is 0. The highest BCUT2D eigenvalue weighted by molar-refractivity contribution is 5.85. The molecule has 0 saturated heterocycles. The van der Waals surface area contributed by atoms with E-state index in [-0.39, 0.29) is 17.0 Å². The van der Waals surface area contributed by atoms with Gasteiger partial charge in [-0.1, -0.05) is 0 Å². The smallest absolute Gasteiger partial charge is 0.344 e. The molecule has 16 heavy (non-hydrogen) atoms. The van der Waals surface area contributed by atoms with Gasteiger partial charge >= 0.3 is 5.63 Å². The fourth-order valence-electron chi connectivity index (χ4n) is 1.71. The highest BCUT2D eigenvalue weighted by atomic mass is 16.4. The first-order valence-electron chi connectivity index (χ1n) is 5.03. The Kier molecular flexibility index (Phi) is 2.22. The van der Waals surface area contributed by atoms with Crippen LogP contribution >= 0.6 is 0 Å². The van der Waals surface area contributed by atoms with Gasteiger partial charge in [-0.05, 0) is 38.8 Å². The Bertz CT molecular complexity index is 641. The second kappa shape index (κ2) is 3.33. The molecule has 0 bridgehead atoms. The summed E-state index contributed by atoms with van der Waals surface area (Å²) < 4.78 is 5.06. The second-order valence-corrected chi connectivity index (χ2v) is 3.99. The van der Waals surface area contributed by atoms with Crippen molar-refractivity contribution in [3.8, 4) is 5.75 Å². The topological polar surface area (TPSA) is 63.3 Å². The van der Waals surface area contributed by atoms with E-state index in [0.29, 0.717) is 5.39 Å². The van der Waals surface area contributed by atoms with Crippen molar-refractivity contribution < 1.29 is 9.52 Å². The SMILES string of the molecule is Cc1nc2oc(=O)c(C)c(O)c2c(C)c1C. The van der Waals surface area contributed by atoms with Crippen LogP contribution in [0.15, 0.2) is 9.21 Å². The number of aromatic hydroxyl groups is 1. The number of aryl methyl sites for hydroxylation is 2. The molecule has 2 heterocycles. The molecule has 4 nitrogen and oxygen atoms in total. The van der Waals surface area contributed by atoms with E-state index in [1.807, 2.05) is 20.8 Å². The molecule has 2 aromatic rings. The zero-order chi connectivity index (χ0) is 12.0. The fraction of sp³-hybridized carbons (Fsp3) is 0.333. The molecule has 1 N–H and O–H groups in total. The van der Waals surface area contributed by atoms with Crippen molar-refractivity contribution in [2.45, 2.75) is 27.7 Å². The molecule has 0 saturated carbocycles. The van der Waals surface area contributed by atoms with Crippen molar-refractivity contribution in [2.75, 3.05) is 0 Å². The molecule has 84 valence electrons. The Balaban J connectivity index is 3.09. The van der Waals surface area contributed by atoms with Crippen molar-refractivity contribution >= 4 is 11.1 Å². The lowest BCUT2D eigenvalue weighted by Crippen LogP contribution is -2.06. The van der Waals surface area contributed by atoms with Crippen molar-refractivity contribution in [1.29, 1.82) is 0 Å². The molecule has 0 amide bonds. The van der Waals surface area contributed by atoms with Gasteiger partial charge in [-0.15, -0.1) is 0 Å². The number of aromatic nitrogens is 1. The van der Waals surface area contributed by atoms with Crippen LogP contribution in [0.2, 0.25) is 0 Å². The van der Waals surface area contributed by atoms with Crippen molar-refractivity contribution in [2.24, 2.45) is 0 Å². The highest BCUT2D eigenvalue weighted by Crippen LogP contribution is 2.30. The average molecular weight is 219 g/mol. The maximum Gasteiger partial charge on any atom is 0.344 e. The van der Waals surface area contributed by atoms with Gasteiger partial charge in [-0.25, -0.2) is 9.78 Å². The van der Waals surface area contributed by atoms with Crippen LogP contribution < -0.4 is 5.63 Å². The summed E-state index contributed by atoms with van der Waals surface area (Å²) >= 11 is 0. The molecule has 0 aliphatic rings. The quantitative estimate of drug-likeness (QED) is 0.737. The molecular weight excluding hydrogens is 206 g/mol. The minimum atomic E-state index is -0.542. The molecule has 0 aliphatic heterocycles. The lowest BCUT2D eigenvalue weighted by atomic mass is 10.0. The van der Waals surface area contributed by atoms with Gasteiger partial charge < -0.3 is 9.52 Å². The molecule has 0 unspecified atom stereocenters. The maximum absolute atomic E-state index is 11.4. The maximum atomic E-state index is 11.4. The van der Waals surface area contributed by atoms with E-state index < -0.39 is 5.63 Å². The van der Waals surface area contributed by atoms with Crippen molar-refractivity contribution in [3.05, 3.63) is 32.8 Å². The van der Waals surface area contributed by atoms with Crippen LogP contribution in [-0.4, -0.2) is 10.1 Å². The predicted molar refractivity (Wildman–Crippen MR) is 60.9 cm³/mol. The van der Waals surface area contributed by atoms with Crippen molar-refractivity contribution in [3.63, 3.8) is 0 Å². The molecule has 0 spiro atoms. The van der Waals surface area contributed by atoms with Gasteiger partial charge in [-0.2, -0.15) is 0 Å². The molecule has 2 aromatic heterocycles. The summed E-state index contributed by atoms with van der Waals surface area (Å²) in [4.78, 5) is 15.6. The van der Waals surface area contributed by atoms with E-state index in [1.54, 1.807) is 0 Å². The van der Waals surface area contributed by atoms with E-state index in [4.69, 9.17) is 4.42 Å². The van der Waals surface area contributed by atoms with Gasteiger partial charge in [0.1, 0.15) is 5.75 Å². The van der Waals surface area contributed by atoms with Crippen LogP contribution in [0.3, 0.4) is 0 Å². The standard InChI is InChI=1S/C12H13NO3/c1-5-6(2)9-10(14)7(3)12(15)16-11(9)13-8(5)4/h14H,1-4H3. The molecule has 0 aliphatic carbocycles. The largest absolute Gasteiger partial charge is 0.507 e. The fourth-order valence-corrected chi connectivity index (χ4v) is 1.71. The third kappa shape index (κ3) is 1.30. The van der Waals surface area contributed by atoms with E-state index >= 15 is 0 Å². The van der Waals surface area contributed by atoms with Gasteiger partial charge in [0.2, 0.25) is 5.71 Å². The summed E-state index contributed by atoms with van der Waals surface area (Å²) in [7, 11) is 0.